The number of hydrogen-bond acceptors (Lipinski definition) is 6. The molecule has 4 aromatic carbocycles. The molecule has 2 heterocycles. The van der Waals surface area contributed by atoms with E-state index in [0.29, 0.717) is 39.7 Å². The third-order valence-electron chi connectivity index (χ3n) is 6.26. The Labute approximate surface area is 222 Å². The van der Waals surface area contributed by atoms with Gasteiger partial charge in [0.2, 0.25) is 0 Å². The van der Waals surface area contributed by atoms with Crippen molar-refractivity contribution in [1.82, 2.24) is 19.9 Å². The molecule has 0 fully saturated rings. The summed E-state index contributed by atoms with van der Waals surface area (Å²) in [4.78, 5) is 28.9. The molecule has 0 unspecified atom stereocenters. The minimum Gasteiger partial charge on any atom is -0.491 e. The van der Waals surface area contributed by atoms with Gasteiger partial charge in [-0.1, -0.05) is 0 Å². The molecule has 0 aliphatic carbocycles. The molecule has 4 N–H and O–H groups in total. The van der Waals surface area contributed by atoms with Crippen LogP contribution in [0, 0.1) is 11.3 Å². The van der Waals surface area contributed by atoms with Crippen LogP contribution in [0.25, 0.3) is 44.8 Å². The molecule has 1 amide bonds. The van der Waals surface area contributed by atoms with Gasteiger partial charge in [-0.3, -0.25) is 4.79 Å². The molecule has 0 radical (unpaired) electrons. The molecule has 0 spiro atoms. The van der Waals surface area contributed by atoms with E-state index in [2.05, 4.69) is 31.3 Å². The Balaban J connectivity index is 1.19. The first-order valence-corrected chi connectivity index (χ1v) is 12.2. The zero-order chi connectivity index (χ0) is 26.8. The molecule has 0 saturated heterocycles. The molecule has 6 rings (SSSR count). The Hall–Kier alpha value is -5.46. The highest BCUT2D eigenvalue weighted by Crippen LogP contribution is 2.26. The molecular formula is C30H22N6O3. The summed E-state index contributed by atoms with van der Waals surface area (Å²) < 4.78 is 5.41. The number of benzene rings is 4. The number of H-pyrrole nitrogens is 2. The van der Waals surface area contributed by atoms with E-state index in [9.17, 15) is 4.79 Å². The number of nitrogens with one attached hydrogen (secondary N) is 3. The predicted molar refractivity (Wildman–Crippen MR) is 148 cm³/mol. The fourth-order valence-corrected chi connectivity index (χ4v) is 4.29. The van der Waals surface area contributed by atoms with E-state index >= 15 is 0 Å². The molecule has 0 aliphatic rings. The number of aromatic amines is 2. The number of aromatic nitrogens is 4. The zero-order valence-corrected chi connectivity index (χ0v) is 20.6. The average Bonchev–Trinajstić information content (AvgIpc) is 3.60. The van der Waals surface area contributed by atoms with Crippen LogP contribution in [0.1, 0.15) is 15.9 Å². The maximum Gasteiger partial charge on any atom is 0.255 e. The number of rotatable bonds is 7. The highest BCUT2D eigenvalue weighted by Gasteiger charge is 2.12. The molecule has 39 heavy (non-hydrogen) atoms. The van der Waals surface area contributed by atoms with Gasteiger partial charge in [0, 0.05) is 22.4 Å². The topological polar surface area (TPSA) is 140 Å². The SMILES string of the molecule is N#Cc1ccc(-c2nc3cc(NC(=O)c4ccc5nc(-c6ccc(OCCO)cc6)[nH]c5c4)ccc3[nH]2)cc1. The van der Waals surface area contributed by atoms with Gasteiger partial charge in [-0.25, -0.2) is 9.97 Å². The van der Waals surface area contributed by atoms with Crippen molar-refractivity contribution in [1.29, 1.82) is 5.26 Å². The van der Waals surface area contributed by atoms with Crippen molar-refractivity contribution in [2.75, 3.05) is 18.5 Å². The summed E-state index contributed by atoms with van der Waals surface area (Å²) in [5.41, 5.74) is 6.49. The number of ether oxygens (including phenoxy) is 1. The van der Waals surface area contributed by atoms with Crippen molar-refractivity contribution in [2.24, 2.45) is 0 Å². The van der Waals surface area contributed by atoms with Crippen LogP contribution in [-0.4, -0.2) is 44.2 Å². The van der Waals surface area contributed by atoms with Crippen LogP contribution in [0.5, 0.6) is 5.75 Å². The predicted octanol–water partition coefficient (Wildman–Crippen LogP) is 5.27. The summed E-state index contributed by atoms with van der Waals surface area (Å²) >= 11 is 0. The molecule has 190 valence electrons. The zero-order valence-electron chi connectivity index (χ0n) is 20.6. The maximum atomic E-state index is 13.0. The van der Waals surface area contributed by atoms with E-state index in [-0.39, 0.29) is 19.1 Å². The van der Waals surface area contributed by atoms with Gasteiger partial charge < -0.3 is 25.1 Å². The first-order valence-electron chi connectivity index (χ1n) is 12.2. The molecule has 6 aromatic rings. The number of imidazole rings is 2. The number of nitrogens with zero attached hydrogens (tertiary/aromatic N) is 3. The Morgan fingerprint density at radius 3 is 2.26 bits per heavy atom. The molecule has 0 aliphatic heterocycles. The Bertz CT molecular complexity index is 1850. The van der Waals surface area contributed by atoms with Crippen LogP contribution in [0.2, 0.25) is 0 Å². The van der Waals surface area contributed by atoms with Crippen LogP contribution in [0.4, 0.5) is 5.69 Å². The Kier molecular flexibility index (Phi) is 6.21. The van der Waals surface area contributed by atoms with E-state index in [1.807, 2.05) is 60.7 Å². The van der Waals surface area contributed by atoms with Crippen molar-refractivity contribution >= 4 is 33.7 Å². The van der Waals surface area contributed by atoms with Crippen molar-refractivity contribution in [2.45, 2.75) is 0 Å². The van der Waals surface area contributed by atoms with Crippen LogP contribution in [0.3, 0.4) is 0 Å². The number of carbonyl (C=O) groups is 1. The van der Waals surface area contributed by atoms with Gasteiger partial charge in [-0.15, -0.1) is 0 Å². The van der Waals surface area contributed by atoms with Gasteiger partial charge >= 0.3 is 0 Å². The van der Waals surface area contributed by atoms with Crippen molar-refractivity contribution in [3.05, 3.63) is 96.1 Å². The second kappa shape index (κ2) is 10.1. The largest absolute Gasteiger partial charge is 0.491 e. The smallest absolute Gasteiger partial charge is 0.255 e. The standard InChI is InChI=1S/C30H22N6O3/c31-17-18-1-3-19(4-2-18)28-34-25-12-8-22(16-27(25)36-28)32-30(38)21-7-11-24-26(15-21)35-29(33-24)20-5-9-23(10-6-20)39-14-13-37/h1-12,15-16,37H,13-14H2,(H,32,38)(H,33,35)(H,34,36). The van der Waals surface area contributed by atoms with E-state index in [4.69, 9.17) is 15.1 Å². The summed E-state index contributed by atoms with van der Waals surface area (Å²) in [6.07, 6.45) is 0. The lowest BCUT2D eigenvalue weighted by Gasteiger charge is -2.05. The highest BCUT2D eigenvalue weighted by molar-refractivity contribution is 6.06. The summed E-state index contributed by atoms with van der Waals surface area (Å²) in [7, 11) is 0. The molecular weight excluding hydrogens is 492 g/mol. The number of anilines is 1. The number of hydrogen-bond donors (Lipinski definition) is 4. The number of carbonyl (C=O) groups excluding carboxylic acids is 1. The van der Waals surface area contributed by atoms with Gasteiger partial charge in [0.05, 0.1) is 40.3 Å². The third kappa shape index (κ3) is 4.92. The number of nitriles is 1. The van der Waals surface area contributed by atoms with Crippen LogP contribution < -0.4 is 10.1 Å². The van der Waals surface area contributed by atoms with Crippen LogP contribution >= 0.6 is 0 Å². The number of aliphatic hydroxyl groups is 1. The van der Waals surface area contributed by atoms with Gasteiger partial charge in [-0.2, -0.15) is 5.26 Å². The molecule has 0 saturated carbocycles. The monoisotopic (exact) mass is 514 g/mol. The first-order chi connectivity index (χ1) is 19.1. The quantitative estimate of drug-likeness (QED) is 0.229. The van der Waals surface area contributed by atoms with Gasteiger partial charge in [0.15, 0.2) is 0 Å². The second-order valence-corrected chi connectivity index (χ2v) is 8.87. The van der Waals surface area contributed by atoms with E-state index in [1.165, 1.54) is 0 Å². The lowest BCUT2D eigenvalue weighted by atomic mass is 10.1. The normalized spacial score (nSPS) is 11.0. The van der Waals surface area contributed by atoms with Crippen molar-refractivity contribution < 1.29 is 14.6 Å². The summed E-state index contributed by atoms with van der Waals surface area (Å²) in [5, 5.41) is 20.9. The maximum absolute atomic E-state index is 13.0. The minimum absolute atomic E-state index is 0.0420. The molecule has 0 bridgehead atoms. The first kappa shape index (κ1) is 23.9. The fraction of sp³-hybridized carbons (Fsp3) is 0.0667. The molecule has 9 nitrogen and oxygen atoms in total. The lowest BCUT2D eigenvalue weighted by molar-refractivity contribution is 0.102. The van der Waals surface area contributed by atoms with Gasteiger partial charge in [0.1, 0.15) is 24.0 Å². The van der Waals surface area contributed by atoms with Crippen molar-refractivity contribution in [3.63, 3.8) is 0 Å². The second-order valence-electron chi connectivity index (χ2n) is 8.87. The Morgan fingerprint density at radius 1 is 0.846 bits per heavy atom. The fourth-order valence-electron chi connectivity index (χ4n) is 4.29. The molecule has 0 atom stereocenters. The van der Waals surface area contributed by atoms with Gasteiger partial charge in [-0.05, 0) is 84.9 Å². The number of fused-ring (bicyclic) bond motifs is 2. The van der Waals surface area contributed by atoms with Crippen molar-refractivity contribution in [3.8, 4) is 34.6 Å². The van der Waals surface area contributed by atoms with E-state index in [0.717, 1.165) is 27.7 Å². The summed E-state index contributed by atoms with van der Waals surface area (Å²) in [5.74, 6) is 1.78. The van der Waals surface area contributed by atoms with Crippen LogP contribution in [-0.2, 0) is 0 Å². The highest BCUT2D eigenvalue weighted by atomic mass is 16.5. The number of amides is 1. The molecule has 2 aromatic heterocycles. The van der Waals surface area contributed by atoms with E-state index < -0.39 is 0 Å². The van der Waals surface area contributed by atoms with Crippen LogP contribution in [0.15, 0.2) is 84.9 Å². The third-order valence-corrected chi connectivity index (χ3v) is 6.26. The number of aliphatic hydroxyl groups excluding tert-OH is 1. The lowest BCUT2D eigenvalue weighted by Crippen LogP contribution is -2.11. The van der Waals surface area contributed by atoms with E-state index in [1.54, 1.807) is 24.3 Å². The average molecular weight is 515 g/mol. The summed E-state index contributed by atoms with van der Waals surface area (Å²) in [6, 6.07) is 27.5. The Morgan fingerprint density at radius 2 is 1.54 bits per heavy atom. The van der Waals surface area contributed by atoms with Gasteiger partial charge in [0.25, 0.3) is 5.91 Å². The molecule has 9 heteroatoms. The summed E-state index contributed by atoms with van der Waals surface area (Å²) in [6.45, 7) is 0.198. The minimum atomic E-state index is -0.249.